The van der Waals surface area contributed by atoms with Crippen molar-refractivity contribution >= 4 is 0 Å². The molecule has 3 nitrogen and oxygen atoms in total. The molecule has 1 aliphatic rings. The van der Waals surface area contributed by atoms with E-state index in [1.807, 2.05) is 12.1 Å². The maximum atomic E-state index is 11.8. The summed E-state index contributed by atoms with van der Waals surface area (Å²) in [5.41, 5.74) is 1.02. The first-order chi connectivity index (χ1) is 7.83. The second-order valence-electron chi connectivity index (χ2n) is 4.50. The van der Waals surface area contributed by atoms with Crippen molar-refractivity contribution in [1.82, 2.24) is 9.88 Å². The van der Waals surface area contributed by atoms with E-state index in [9.17, 15) is 4.79 Å². The molecule has 1 fully saturated rings. The minimum atomic E-state index is 0.0792. The standard InChI is InChI=1S/C13H20N2O/c1-2-9-15-10-4-3-7-12(15)11-6-5-8-14-13(11)16/h5-6,8,12H,2-4,7,9-10H2,1H3,(H,14,16)/t12-/m1/s1. The van der Waals surface area contributed by atoms with Crippen LogP contribution in [0, 0.1) is 0 Å². The largest absolute Gasteiger partial charge is 0.329 e. The van der Waals surface area contributed by atoms with Crippen LogP contribution in [0.1, 0.15) is 44.2 Å². The molecule has 2 rings (SSSR count). The second-order valence-corrected chi connectivity index (χ2v) is 4.50. The van der Waals surface area contributed by atoms with Gasteiger partial charge in [-0.05, 0) is 38.4 Å². The van der Waals surface area contributed by atoms with E-state index in [0.29, 0.717) is 6.04 Å². The van der Waals surface area contributed by atoms with Gasteiger partial charge in [0.05, 0.1) is 0 Å². The predicted molar refractivity (Wildman–Crippen MR) is 65.5 cm³/mol. The molecule has 0 aliphatic carbocycles. The van der Waals surface area contributed by atoms with Crippen LogP contribution in [-0.4, -0.2) is 23.0 Å². The van der Waals surface area contributed by atoms with Crippen LogP contribution < -0.4 is 5.56 Å². The third kappa shape index (κ3) is 2.35. The lowest BCUT2D eigenvalue weighted by Gasteiger charge is -2.35. The second kappa shape index (κ2) is 5.30. The van der Waals surface area contributed by atoms with E-state index in [1.165, 1.54) is 12.8 Å². The molecule has 3 heteroatoms. The Hall–Kier alpha value is -1.09. The van der Waals surface area contributed by atoms with Crippen LogP contribution in [0.3, 0.4) is 0 Å². The van der Waals surface area contributed by atoms with E-state index in [4.69, 9.17) is 0 Å². The van der Waals surface area contributed by atoms with Crippen LogP contribution in [0.25, 0.3) is 0 Å². The summed E-state index contributed by atoms with van der Waals surface area (Å²) in [5, 5.41) is 0. The highest BCUT2D eigenvalue weighted by Gasteiger charge is 2.24. The highest BCUT2D eigenvalue weighted by Crippen LogP contribution is 2.28. The molecule has 2 heterocycles. The van der Waals surface area contributed by atoms with Crippen molar-refractivity contribution in [3.8, 4) is 0 Å². The lowest BCUT2D eigenvalue weighted by atomic mass is 9.96. The summed E-state index contributed by atoms with van der Waals surface area (Å²) in [6.07, 6.45) is 6.48. The number of pyridine rings is 1. The van der Waals surface area contributed by atoms with Crippen molar-refractivity contribution in [3.05, 3.63) is 34.2 Å². The van der Waals surface area contributed by atoms with E-state index in [2.05, 4.69) is 16.8 Å². The van der Waals surface area contributed by atoms with Gasteiger partial charge in [0.15, 0.2) is 0 Å². The van der Waals surface area contributed by atoms with Gasteiger partial charge in [0.2, 0.25) is 0 Å². The lowest BCUT2D eigenvalue weighted by molar-refractivity contribution is 0.148. The smallest absolute Gasteiger partial charge is 0.252 e. The van der Waals surface area contributed by atoms with Crippen molar-refractivity contribution in [2.75, 3.05) is 13.1 Å². The average molecular weight is 220 g/mol. The molecule has 16 heavy (non-hydrogen) atoms. The summed E-state index contributed by atoms with van der Waals surface area (Å²) >= 11 is 0. The first-order valence-corrected chi connectivity index (χ1v) is 6.24. The number of piperidine rings is 1. The summed E-state index contributed by atoms with van der Waals surface area (Å²) in [5.74, 6) is 0. The molecule has 0 saturated carbocycles. The Bertz CT molecular complexity index is 384. The topological polar surface area (TPSA) is 36.1 Å². The fourth-order valence-corrected chi connectivity index (χ4v) is 2.60. The molecule has 1 N–H and O–H groups in total. The van der Waals surface area contributed by atoms with Crippen molar-refractivity contribution in [2.45, 2.75) is 38.6 Å². The first-order valence-electron chi connectivity index (χ1n) is 6.24. The Balaban J connectivity index is 2.23. The highest BCUT2D eigenvalue weighted by molar-refractivity contribution is 5.15. The molecule has 1 aromatic rings. The fraction of sp³-hybridized carbons (Fsp3) is 0.615. The van der Waals surface area contributed by atoms with Crippen molar-refractivity contribution in [3.63, 3.8) is 0 Å². The molecule has 0 unspecified atom stereocenters. The Morgan fingerprint density at radius 2 is 2.38 bits per heavy atom. The van der Waals surface area contributed by atoms with Gasteiger partial charge in [0, 0.05) is 17.8 Å². The van der Waals surface area contributed by atoms with E-state index >= 15 is 0 Å². The van der Waals surface area contributed by atoms with Gasteiger partial charge in [-0.1, -0.05) is 19.4 Å². The molecule has 1 atom stereocenters. The third-order valence-corrected chi connectivity index (χ3v) is 3.33. The summed E-state index contributed by atoms with van der Waals surface area (Å²) in [6, 6.07) is 4.23. The van der Waals surface area contributed by atoms with Crippen LogP contribution in [0.5, 0.6) is 0 Å². The number of nitrogens with zero attached hydrogens (tertiary/aromatic N) is 1. The van der Waals surface area contributed by atoms with Crippen molar-refractivity contribution in [1.29, 1.82) is 0 Å². The molecule has 0 radical (unpaired) electrons. The molecular formula is C13H20N2O. The number of likely N-dealkylation sites (tertiary alicyclic amines) is 1. The van der Waals surface area contributed by atoms with Gasteiger partial charge in [-0.3, -0.25) is 9.69 Å². The first kappa shape index (κ1) is 11.4. The SMILES string of the molecule is CCCN1CCCC[C@@H]1c1ccc[nH]c1=O. The summed E-state index contributed by atoms with van der Waals surface area (Å²) in [7, 11) is 0. The van der Waals surface area contributed by atoms with Crippen LogP contribution in [0.4, 0.5) is 0 Å². The van der Waals surface area contributed by atoms with Gasteiger partial charge in [-0.15, -0.1) is 0 Å². The number of hydrogen-bond donors (Lipinski definition) is 1. The zero-order valence-corrected chi connectivity index (χ0v) is 9.91. The van der Waals surface area contributed by atoms with Crippen LogP contribution in [-0.2, 0) is 0 Å². The normalized spacial score (nSPS) is 22.2. The summed E-state index contributed by atoms with van der Waals surface area (Å²) in [6.45, 7) is 4.42. The van der Waals surface area contributed by atoms with E-state index in [0.717, 1.165) is 31.5 Å². The molecule has 1 aliphatic heterocycles. The van der Waals surface area contributed by atoms with Gasteiger partial charge in [0.1, 0.15) is 0 Å². The third-order valence-electron chi connectivity index (χ3n) is 3.33. The molecule has 0 aromatic carbocycles. The number of aromatic nitrogens is 1. The number of H-pyrrole nitrogens is 1. The quantitative estimate of drug-likeness (QED) is 0.848. The van der Waals surface area contributed by atoms with E-state index < -0.39 is 0 Å². The maximum Gasteiger partial charge on any atom is 0.252 e. The molecule has 88 valence electrons. The predicted octanol–water partition coefficient (Wildman–Crippen LogP) is 2.31. The van der Waals surface area contributed by atoms with E-state index in [1.54, 1.807) is 6.20 Å². The monoisotopic (exact) mass is 220 g/mol. The molecule has 0 amide bonds. The number of hydrogen-bond acceptors (Lipinski definition) is 2. The van der Waals surface area contributed by atoms with Gasteiger partial charge < -0.3 is 4.98 Å². The molecule has 0 bridgehead atoms. The minimum absolute atomic E-state index is 0.0792. The average Bonchev–Trinajstić information content (AvgIpc) is 2.31. The Kier molecular flexibility index (Phi) is 3.78. The number of aromatic amines is 1. The highest BCUT2D eigenvalue weighted by atomic mass is 16.1. The van der Waals surface area contributed by atoms with E-state index in [-0.39, 0.29) is 5.56 Å². The van der Waals surface area contributed by atoms with Crippen LogP contribution in [0.2, 0.25) is 0 Å². The molecule has 1 aromatic heterocycles. The Morgan fingerprint density at radius 1 is 1.50 bits per heavy atom. The number of nitrogens with one attached hydrogen (secondary N) is 1. The zero-order chi connectivity index (χ0) is 11.4. The van der Waals surface area contributed by atoms with Gasteiger partial charge in [-0.25, -0.2) is 0 Å². The fourth-order valence-electron chi connectivity index (χ4n) is 2.60. The van der Waals surface area contributed by atoms with Crippen molar-refractivity contribution < 1.29 is 0 Å². The zero-order valence-electron chi connectivity index (χ0n) is 9.91. The maximum absolute atomic E-state index is 11.8. The van der Waals surface area contributed by atoms with Crippen LogP contribution in [0.15, 0.2) is 23.1 Å². The van der Waals surface area contributed by atoms with Gasteiger partial charge in [0.25, 0.3) is 5.56 Å². The van der Waals surface area contributed by atoms with Crippen molar-refractivity contribution in [2.24, 2.45) is 0 Å². The number of rotatable bonds is 3. The minimum Gasteiger partial charge on any atom is -0.329 e. The Labute approximate surface area is 96.5 Å². The molecular weight excluding hydrogens is 200 g/mol. The molecule has 1 saturated heterocycles. The molecule has 0 spiro atoms. The van der Waals surface area contributed by atoms with Gasteiger partial charge >= 0.3 is 0 Å². The Morgan fingerprint density at radius 3 is 3.12 bits per heavy atom. The lowest BCUT2D eigenvalue weighted by Crippen LogP contribution is -2.36. The summed E-state index contributed by atoms with van der Waals surface area (Å²) < 4.78 is 0. The van der Waals surface area contributed by atoms with Gasteiger partial charge in [-0.2, -0.15) is 0 Å². The summed E-state index contributed by atoms with van der Waals surface area (Å²) in [4.78, 5) is 17.0. The van der Waals surface area contributed by atoms with Crippen LogP contribution >= 0.6 is 0 Å².